The van der Waals surface area contributed by atoms with Crippen molar-refractivity contribution in [3.05, 3.63) is 87.2 Å². The standard InChI is InChI=1S/C24H21N3O5S/c1-3-31-23(29)20-18-14-33-21(25-24(30)32-13-16-7-5-4-6-8-16)19(18)22(28)27(26-20)17-11-9-15(2)10-12-17/h4-12,14H,3,13H2,1-2H3,(H,25,30). The van der Waals surface area contributed by atoms with Gasteiger partial charge in [-0.1, -0.05) is 48.0 Å². The highest BCUT2D eigenvalue weighted by atomic mass is 32.1. The number of nitrogens with zero attached hydrogens (tertiary/aromatic N) is 2. The number of aryl methyl sites for hydroxylation is 1. The number of anilines is 1. The summed E-state index contributed by atoms with van der Waals surface area (Å²) in [7, 11) is 0. The second kappa shape index (κ2) is 9.66. The molecule has 0 spiro atoms. The summed E-state index contributed by atoms with van der Waals surface area (Å²) in [4.78, 5) is 38.4. The van der Waals surface area contributed by atoms with Crippen molar-refractivity contribution in [1.82, 2.24) is 9.78 Å². The van der Waals surface area contributed by atoms with Crippen LogP contribution in [-0.2, 0) is 16.1 Å². The van der Waals surface area contributed by atoms with Crippen LogP contribution in [0.4, 0.5) is 9.80 Å². The number of carbonyl (C=O) groups excluding carboxylic acids is 2. The fourth-order valence-corrected chi connectivity index (χ4v) is 4.13. The Balaban J connectivity index is 1.73. The third kappa shape index (κ3) is 4.78. The molecule has 2 aromatic heterocycles. The molecule has 33 heavy (non-hydrogen) atoms. The van der Waals surface area contributed by atoms with E-state index in [9.17, 15) is 14.4 Å². The minimum absolute atomic E-state index is 0.00558. The lowest BCUT2D eigenvalue weighted by atomic mass is 10.2. The fraction of sp³-hybridized carbons (Fsp3) is 0.167. The van der Waals surface area contributed by atoms with Crippen molar-refractivity contribution in [3.8, 4) is 5.69 Å². The molecule has 0 fully saturated rings. The number of rotatable bonds is 6. The molecule has 4 rings (SSSR count). The summed E-state index contributed by atoms with van der Waals surface area (Å²) in [5.41, 5.74) is 1.86. The molecule has 2 heterocycles. The van der Waals surface area contributed by atoms with Crippen LogP contribution < -0.4 is 10.9 Å². The normalized spacial score (nSPS) is 10.7. The van der Waals surface area contributed by atoms with E-state index in [1.807, 2.05) is 49.4 Å². The maximum absolute atomic E-state index is 13.4. The maximum atomic E-state index is 13.4. The summed E-state index contributed by atoms with van der Waals surface area (Å²) >= 11 is 1.11. The van der Waals surface area contributed by atoms with Crippen LogP contribution in [0.2, 0.25) is 0 Å². The van der Waals surface area contributed by atoms with Crippen molar-refractivity contribution >= 4 is 39.2 Å². The average Bonchev–Trinajstić information content (AvgIpc) is 3.23. The lowest BCUT2D eigenvalue weighted by molar-refractivity contribution is 0.0520. The molecule has 0 unspecified atom stereocenters. The van der Waals surface area contributed by atoms with Crippen molar-refractivity contribution in [1.29, 1.82) is 0 Å². The highest BCUT2D eigenvalue weighted by Crippen LogP contribution is 2.31. The third-order valence-electron chi connectivity index (χ3n) is 4.83. The van der Waals surface area contributed by atoms with Gasteiger partial charge in [-0.3, -0.25) is 10.1 Å². The number of benzene rings is 2. The van der Waals surface area contributed by atoms with Gasteiger partial charge in [0.15, 0.2) is 5.69 Å². The molecule has 2 aromatic carbocycles. The number of thiophene rings is 1. The van der Waals surface area contributed by atoms with Crippen molar-refractivity contribution in [3.63, 3.8) is 0 Å². The first kappa shape index (κ1) is 22.2. The third-order valence-corrected chi connectivity index (χ3v) is 5.72. The number of hydrogen-bond acceptors (Lipinski definition) is 7. The Morgan fingerprint density at radius 3 is 2.48 bits per heavy atom. The second-order valence-electron chi connectivity index (χ2n) is 7.16. The fourth-order valence-electron chi connectivity index (χ4n) is 3.20. The van der Waals surface area contributed by atoms with Crippen LogP contribution in [0.5, 0.6) is 0 Å². The van der Waals surface area contributed by atoms with Crippen molar-refractivity contribution in [2.75, 3.05) is 11.9 Å². The van der Waals surface area contributed by atoms with Crippen LogP contribution in [0.3, 0.4) is 0 Å². The molecular weight excluding hydrogens is 442 g/mol. The molecule has 0 aliphatic rings. The van der Waals surface area contributed by atoms with Gasteiger partial charge in [-0.15, -0.1) is 11.3 Å². The van der Waals surface area contributed by atoms with Gasteiger partial charge in [0, 0.05) is 10.8 Å². The van der Waals surface area contributed by atoms with E-state index in [2.05, 4.69) is 10.4 Å². The molecule has 4 aromatic rings. The van der Waals surface area contributed by atoms with Crippen LogP contribution in [0, 0.1) is 6.92 Å². The molecule has 0 aliphatic heterocycles. The van der Waals surface area contributed by atoms with E-state index in [0.717, 1.165) is 27.1 Å². The quantitative estimate of drug-likeness (QED) is 0.417. The Labute approximate surface area is 193 Å². The van der Waals surface area contributed by atoms with Crippen molar-refractivity contribution in [2.24, 2.45) is 0 Å². The number of fused-ring (bicyclic) bond motifs is 1. The molecule has 9 heteroatoms. The average molecular weight is 464 g/mol. The monoisotopic (exact) mass is 463 g/mol. The molecule has 0 radical (unpaired) electrons. The summed E-state index contributed by atoms with van der Waals surface area (Å²) in [5.74, 6) is -0.653. The van der Waals surface area contributed by atoms with E-state index >= 15 is 0 Å². The number of esters is 1. The zero-order valence-electron chi connectivity index (χ0n) is 18.0. The van der Waals surface area contributed by atoms with Crippen LogP contribution in [0.15, 0.2) is 64.8 Å². The van der Waals surface area contributed by atoms with Crippen LogP contribution in [0.25, 0.3) is 16.5 Å². The maximum Gasteiger partial charge on any atom is 0.412 e. The predicted octanol–water partition coefficient (Wildman–Crippen LogP) is 4.68. The largest absolute Gasteiger partial charge is 0.461 e. The van der Waals surface area contributed by atoms with Crippen molar-refractivity contribution < 1.29 is 19.1 Å². The van der Waals surface area contributed by atoms with E-state index < -0.39 is 17.6 Å². The van der Waals surface area contributed by atoms with E-state index in [0.29, 0.717) is 11.1 Å². The number of aromatic nitrogens is 2. The zero-order valence-corrected chi connectivity index (χ0v) is 18.8. The van der Waals surface area contributed by atoms with Gasteiger partial charge in [0.05, 0.1) is 17.7 Å². The first-order valence-corrected chi connectivity index (χ1v) is 11.1. The molecular formula is C24H21N3O5S. The van der Waals surface area contributed by atoms with Gasteiger partial charge in [0.25, 0.3) is 5.56 Å². The lowest BCUT2D eigenvalue weighted by Gasteiger charge is -2.10. The summed E-state index contributed by atoms with van der Waals surface area (Å²) in [6, 6.07) is 16.4. The molecule has 0 saturated heterocycles. The van der Waals surface area contributed by atoms with Crippen LogP contribution >= 0.6 is 11.3 Å². The second-order valence-corrected chi connectivity index (χ2v) is 8.04. The Bertz CT molecular complexity index is 1360. The number of nitrogens with one attached hydrogen (secondary N) is 1. The van der Waals surface area contributed by atoms with E-state index in [1.165, 1.54) is 0 Å². The summed E-state index contributed by atoms with van der Waals surface area (Å²) < 4.78 is 11.6. The van der Waals surface area contributed by atoms with Crippen molar-refractivity contribution in [2.45, 2.75) is 20.5 Å². The van der Waals surface area contributed by atoms with Crippen LogP contribution in [-0.4, -0.2) is 28.4 Å². The zero-order chi connectivity index (χ0) is 23.4. The Hall–Kier alpha value is -3.98. The predicted molar refractivity (Wildman–Crippen MR) is 126 cm³/mol. The first-order valence-electron chi connectivity index (χ1n) is 10.2. The van der Waals surface area contributed by atoms with E-state index in [1.54, 1.807) is 24.4 Å². The van der Waals surface area contributed by atoms with Gasteiger partial charge < -0.3 is 9.47 Å². The Kier molecular flexibility index (Phi) is 6.50. The molecule has 168 valence electrons. The van der Waals surface area contributed by atoms with Gasteiger partial charge in [0.2, 0.25) is 0 Å². The molecule has 0 aliphatic carbocycles. The number of amides is 1. The number of carbonyl (C=O) groups is 2. The SMILES string of the molecule is CCOC(=O)c1nn(-c2ccc(C)cc2)c(=O)c2c(NC(=O)OCc3ccccc3)scc12. The summed E-state index contributed by atoms with van der Waals surface area (Å²) in [5, 5.41) is 9.24. The summed E-state index contributed by atoms with van der Waals surface area (Å²) in [6.45, 7) is 3.86. The molecule has 0 bridgehead atoms. The molecule has 0 saturated carbocycles. The van der Waals surface area contributed by atoms with E-state index in [-0.39, 0.29) is 29.3 Å². The molecule has 1 amide bonds. The van der Waals surface area contributed by atoms with E-state index in [4.69, 9.17) is 9.47 Å². The number of ether oxygens (including phenoxy) is 2. The van der Waals surface area contributed by atoms with Gasteiger partial charge in [0.1, 0.15) is 11.6 Å². The number of hydrogen-bond donors (Lipinski definition) is 1. The highest BCUT2D eigenvalue weighted by Gasteiger charge is 2.23. The van der Waals surface area contributed by atoms with Gasteiger partial charge in [-0.05, 0) is 31.5 Å². The molecule has 0 atom stereocenters. The minimum atomic E-state index is -0.710. The van der Waals surface area contributed by atoms with Gasteiger partial charge >= 0.3 is 12.1 Å². The topological polar surface area (TPSA) is 99.5 Å². The smallest absolute Gasteiger partial charge is 0.412 e. The minimum Gasteiger partial charge on any atom is -0.461 e. The molecule has 1 N–H and O–H groups in total. The van der Waals surface area contributed by atoms with Gasteiger partial charge in [-0.2, -0.15) is 9.78 Å². The highest BCUT2D eigenvalue weighted by molar-refractivity contribution is 7.16. The van der Waals surface area contributed by atoms with Gasteiger partial charge in [-0.25, -0.2) is 9.59 Å². The first-order chi connectivity index (χ1) is 16.0. The Morgan fingerprint density at radius 2 is 1.79 bits per heavy atom. The lowest BCUT2D eigenvalue weighted by Crippen LogP contribution is -2.25. The Morgan fingerprint density at radius 1 is 1.06 bits per heavy atom. The summed E-state index contributed by atoms with van der Waals surface area (Å²) in [6.07, 6.45) is -0.710. The van der Waals surface area contributed by atoms with Crippen LogP contribution in [0.1, 0.15) is 28.5 Å². The molecule has 8 nitrogen and oxygen atoms in total.